The number of aromatic nitrogens is 1. The van der Waals surface area contributed by atoms with Gasteiger partial charge in [0.05, 0.1) is 5.56 Å². The van der Waals surface area contributed by atoms with Crippen molar-refractivity contribution in [1.29, 1.82) is 0 Å². The van der Waals surface area contributed by atoms with Crippen LogP contribution in [0.15, 0.2) is 18.3 Å². The Balaban J connectivity index is 2.03. The summed E-state index contributed by atoms with van der Waals surface area (Å²) in [6, 6.07) is 1.68. The molecule has 1 amide bonds. The maximum absolute atomic E-state index is 12.3. The Bertz CT molecular complexity index is 458. The number of hydrogen-bond acceptors (Lipinski definition) is 3. The van der Waals surface area contributed by atoms with Crippen molar-refractivity contribution in [3.8, 4) is 0 Å². The van der Waals surface area contributed by atoms with Gasteiger partial charge in [0.25, 0.3) is 5.91 Å². The third-order valence-electron chi connectivity index (χ3n) is 3.21. The Morgan fingerprint density at radius 3 is 2.58 bits per heavy atom. The second-order valence-electron chi connectivity index (χ2n) is 4.60. The lowest BCUT2D eigenvalue weighted by atomic mass is 10.1. The molecule has 0 spiro atoms. The van der Waals surface area contributed by atoms with Crippen molar-refractivity contribution in [3.63, 3.8) is 0 Å². The van der Waals surface area contributed by atoms with Gasteiger partial charge in [0, 0.05) is 18.3 Å². The van der Waals surface area contributed by atoms with Gasteiger partial charge in [-0.2, -0.15) is 13.2 Å². The Morgan fingerprint density at radius 1 is 1.37 bits per heavy atom. The van der Waals surface area contributed by atoms with Gasteiger partial charge in [0.1, 0.15) is 5.69 Å². The fraction of sp³-hybridized carbons (Fsp3) is 0.500. The zero-order chi connectivity index (χ0) is 14.0. The number of nitrogens with two attached hydrogens (primary N) is 1. The highest BCUT2D eigenvalue weighted by Crippen LogP contribution is 2.28. The lowest BCUT2D eigenvalue weighted by Crippen LogP contribution is -2.44. The molecule has 19 heavy (non-hydrogen) atoms. The summed E-state index contributed by atoms with van der Waals surface area (Å²) < 4.78 is 37.0. The van der Waals surface area contributed by atoms with E-state index in [9.17, 15) is 18.0 Å². The summed E-state index contributed by atoms with van der Waals surface area (Å²) >= 11 is 0. The van der Waals surface area contributed by atoms with E-state index in [1.54, 1.807) is 0 Å². The zero-order valence-electron chi connectivity index (χ0n) is 10.1. The van der Waals surface area contributed by atoms with E-state index >= 15 is 0 Å². The molecule has 2 atom stereocenters. The van der Waals surface area contributed by atoms with Crippen molar-refractivity contribution >= 4 is 5.91 Å². The van der Waals surface area contributed by atoms with Crippen LogP contribution in [0.4, 0.5) is 13.2 Å². The first-order valence-corrected chi connectivity index (χ1v) is 5.97. The van der Waals surface area contributed by atoms with E-state index in [-0.39, 0.29) is 17.8 Å². The number of alkyl halides is 3. The average Bonchev–Trinajstić information content (AvgIpc) is 2.74. The number of hydrogen-bond donors (Lipinski definition) is 2. The minimum atomic E-state index is -4.45. The van der Waals surface area contributed by atoms with E-state index in [0.29, 0.717) is 6.20 Å². The highest BCUT2D eigenvalue weighted by molar-refractivity contribution is 5.92. The smallest absolute Gasteiger partial charge is 0.346 e. The quantitative estimate of drug-likeness (QED) is 0.862. The molecule has 7 heteroatoms. The summed E-state index contributed by atoms with van der Waals surface area (Å²) in [5.74, 6) is -0.490. The molecule has 0 aliphatic heterocycles. The average molecular weight is 273 g/mol. The molecule has 2 rings (SSSR count). The lowest BCUT2D eigenvalue weighted by molar-refractivity contribution is -0.137. The molecule has 1 saturated carbocycles. The van der Waals surface area contributed by atoms with Crippen LogP contribution in [-0.2, 0) is 6.18 Å². The summed E-state index contributed by atoms with van der Waals surface area (Å²) in [4.78, 5) is 15.3. The largest absolute Gasteiger partial charge is 0.417 e. The number of pyridine rings is 1. The van der Waals surface area contributed by atoms with Crippen molar-refractivity contribution in [2.75, 3.05) is 0 Å². The van der Waals surface area contributed by atoms with Gasteiger partial charge in [-0.05, 0) is 31.4 Å². The fourth-order valence-electron chi connectivity index (χ4n) is 2.11. The van der Waals surface area contributed by atoms with Crippen LogP contribution in [-0.4, -0.2) is 23.0 Å². The molecule has 3 N–H and O–H groups in total. The number of halogens is 3. The highest BCUT2D eigenvalue weighted by atomic mass is 19.4. The molecule has 1 aromatic rings. The molecule has 1 heterocycles. The maximum atomic E-state index is 12.3. The van der Waals surface area contributed by atoms with Crippen molar-refractivity contribution in [2.45, 2.75) is 37.5 Å². The van der Waals surface area contributed by atoms with Crippen LogP contribution >= 0.6 is 0 Å². The Labute approximate surface area is 108 Å². The predicted molar refractivity (Wildman–Crippen MR) is 62.3 cm³/mol. The predicted octanol–water partition coefficient (Wildman–Crippen LogP) is 1.71. The standard InChI is InChI=1S/C12H14F3N3O/c13-12(14,15)7-4-5-10(17-6-7)11(19)18-9-3-1-2-8(9)16/h4-6,8-9H,1-3,16H2,(H,18,19). The van der Waals surface area contributed by atoms with Crippen LogP contribution < -0.4 is 11.1 Å². The molecule has 104 valence electrons. The van der Waals surface area contributed by atoms with Gasteiger partial charge in [-0.1, -0.05) is 0 Å². The number of nitrogens with zero attached hydrogens (tertiary/aromatic N) is 1. The normalized spacial score (nSPS) is 23.4. The fourth-order valence-corrected chi connectivity index (χ4v) is 2.11. The molecule has 0 radical (unpaired) electrons. The van der Waals surface area contributed by atoms with Crippen LogP contribution in [0.3, 0.4) is 0 Å². The highest BCUT2D eigenvalue weighted by Gasteiger charge is 2.31. The molecule has 4 nitrogen and oxygen atoms in total. The van der Waals surface area contributed by atoms with E-state index in [1.165, 1.54) is 0 Å². The van der Waals surface area contributed by atoms with Crippen LogP contribution in [0.1, 0.15) is 35.3 Å². The SMILES string of the molecule is NC1CCCC1NC(=O)c1ccc(C(F)(F)F)cn1. The van der Waals surface area contributed by atoms with Crippen molar-refractivity contribution < 1.29 is 18.0 Å². The monoisotopic (exact) mass is 273 g/mol. The minimum Gasteiger partial charge on any atom is -0.346 e. The molecule has 2 unspecified atom stereocenters. The van der Waals surface area contributed by atoms with Gasteiger partial charge < -0.3 is 11.1 Å². The lowest BCUT2D eigenvalue weighted by Gasteiger charge is -2.16. The summed E-state index contributed by atoms with van der Waals surface area (Å²) in [6.45, 7) is 0. The van der Waals surface area contributed by atoms with Gasteiger partial charge in [-0.15, -0.1) is 0 Å². The Morgan fingerprint density at radius 2 is 2.11 bits per heavy atom. The Hall–Kier alpha value is -1.63. The van der Waals surface area contributed by atoms with E-state index < -0.39 is 17.6 Å². The molecule has 1 fully saturated rings. The number of carbonyl (C=O) groups is 1. The molecular weight excluding hydrogens is 259 g/mol. The maximum Gasteiger partial charge on any atom is 0.417 e. The molecule has 0 saturated heterocycles. The second-order valence-corrected chi connectivity index (χ2v) is 4.60. The first-order valence-electron chi connectivity index (χ1n) is 5.97. The van der Waals surface area contributed by atoms with E-state index in [0.717, 1.165) is 31.4 Å². The minimum absolute atomic E-state index is 0.0351. The Kier molecular flexibility index (Phi) is 3.75. The molecule has 1 aliphatic carbocycles. The van der Waals surface area contributed by atoms with E-state index in [4.69, 9.17) is 5.73 Å². The third kappa shape index (κ3) is 3.23. The van der Waals surface area contributed by atoms with Crippen LogP contribution in [0.5, 0.6) is 0 Å². The molecule has 1 aliphatic rings. The molecule has 0 aromatic carbocycles. The first kappa shape index (κ1) is 13.8. The summed E-state index contributed by atoms with van der Waals surface area (Å²) in [7, 11) is 0. The number of rotatable bonds is 2. The zero-order valence-corrected chi connectivity index (χ0v) is 10.1. The van der Waals surface area contributed by atoms with Crippen molar-refractivity contribution in [3.05, 3.63) is 29.6 Å². The van der Waals surface area contributed by atoms with Gasteiger partial charge in [0.15, 0.2) is 0 Å². The molecule has 1 aromatic heterocycles. The first-order chi connectivity index (χ1) is 8.88. The van der Waals surface area contributed by atoms with E-state index in [2.05, 4.69) is 10.3 Å². The second kappa shape index (κ2) is 5.16. The van der Waals surface area contributed by atoms with Crippen molar-refractivity contribution in [1.82, 2.24) is 10.3 Å². The van der Waals surface area contributed by atoms with Gasteiger partial charge in [-0.25, -0.2) is 0 Å². The number of carbonyl (C=O) groups excluding carboxylic acids is 1. The van der Waals surface area contributed by atoms with Crippen LogP contribution in [0.25, 0.3) is 0 Å². The van der Waals surface area contributed by atoms with Gasteiger partial charge in [0.2, 0.25) is 0 Å². The van der Waals surface area contributed by atoms with Crippen LogP contribution in [0.2, 0.25) is 0 Å². The number of amides is 1. The third-order valence-corrected chi connectivity index (χ3v) is 3.21. The summed E-state index contributed by atoms with van der Waals surface area (Å²) in [5, 5.41) is 2.70. The van der Waals surface area contributed by atoms with Gasteiger partial charge in [-0.3, -0.25) is 9.78 Å². The summed E-state index contributed by atoms with van der Waals surface area (Å²) in [6.07, 6.45) is -1.23. The van der Waals surface area contributed by atoms with E-state index in [1.807, 2.05) is 0 Å². The topological polar surface area (TPSA) is 68.0 Å². The van der Waals surface area contributed by atoms with Crippen LogP contribution in [0, 0.1) is 0 Å². The molecular formula is C12H14F3N3O. The number of nitrogens with one attached hydrogen (secondary N) is 1. The van der Waals surface area contributed by atoms with Crippen molar-refractivity contribution in [2.24, 2.45) is 5.73 Å². The summed E-state index contributed by atoms with van der Waals surface area (Å²) in [5.41, 5.74) is 4.89. The van der Waals surface area contributed by atoms with Gasteiger partial charge >= 0.3 is 6.18 Å². The molecule has 0 bridgehead atoms.